The van der Waals surface area contributed by atoms with Gasteiger partial charge in [0.2, 0.25) is 5.91 Å². The topological polar surface area (TPSA) is 79.9 Å². The molecule has 2 aromatic carbocycles. The van der Waals surface area contributed by atoms with Gasteiger partial charge in [0.15, 0.2) is 11.5 Å². The number of benzene rings is 2. The molecule has 7 heteroatoms. The second-order valence-corrected chi connectivity index (χ2v) is 6.97. The van der Waals surface area contributed by atoms with Crippen molar-refractivity contribution in [1.82, 2.24) is 10.2 Å². The van der Waals surface area contributed by atoms with Gasteiger partial charge in [-0.2, -0.15) is 0 Å². The number of likely N-dealkylation sites (N-methyl/N-ethyl adjacent to an activating group) is 1. The first kappa shape index (κ1) is 23.7. The van der Waals surface area contributed by atoms with Crippen LogP contribution in [0.25, 0.3) is 6.08 Å². The lowest BCUT2D eigenvalue weighted by molar-refractivity contribution is -0.111. The molecule has 31 heavy (non-hydrogen) atoms. The summed E-state index contributed by atoms with van der Waals surface area (Å²) in [5.74, 6) is 0.752. The van der Waals surface area contributed by atoms with Crippen LogP contribution in [0.3, 0.4) is 0 Å². The Labute approximate surface area is 183 Å². The number of carbonyl (C=O) groups excluding carboxylic acids is 2. The van der Waals surface area contributed by atoms with E-state index in [2.05, 4.69) is 17.2 Å². The number of methoxy groups -OCH3 is 1. The summed E-state index contributed by atoms with van der Waals surface area (Å²) >= 11 is 0. The molecule has 0 aliphatic heterocycles. The van der Waals surface area contributed by atoms with Gasteiger partial charge in [-0.1, -0.05) is 18.7 Å². The summed E-state index contributed by atoms with van der Waals surface area (Å²) in [5.41, 5.74) is 1.94. The number of ether oxygens (including phenoxy) is 2. The molecular formula is C24H29N3O4. The zero-order chi connectivity index (χ0) is 22.6. The van der Waals surface area contributed by atoms with Crippen LogP contribution in [-0.4, -0.2) is 57.6 Å². The third-order valence-electron chi connectivity index (χ3n) is 4.23. The van der Waals surface area contributed by atoms with E-state index in [1.165, 1.54) is 6.08 Å². The van der Waals surface area contributed by atoms with Gasteiger partial charge in [0.05, 0.1) is 7.11 Å². The van der Waals surface area contributed by atoms with E-state index in [-0.39, 0.29) is 11.8 Å². The van der Waals surface area contributed by atoms with Crippen molar-refractivity contribution in [3.8, 4) is 11.5 Å². The monoisotopic (exact) mass is 423 g/mol. The highest BCUT2D eigenvalue weighted by Gasteiger charge is 2.07. The average molecular weight is 424 g/mol. The van der Waals surface area contributed by atoms with E-state index in [9.17, 15) is 9.59 Å². The Balaban J connectivity index is 1.92. The summed E-state index contributed by atoms with van der Waals surface area (Å²) in [7, 11) is 5.45. The molecule has 0 aromatic heterocycles. The van der Waals surface area contributed by atoms with Crippen LogP contribution in [0.15, 0.2) is 61.2 Å². The van der Waals surface area contributed by atoms with Crippen molar-refractivity contribution in [2.75, 3.05) is 46.2 Å². The molecule has 2 amide bonds. The highest BCUT2D eigenvalue weighted by molar-refractivity contribution is 6.02. The van der Waals surface area contributed by atoms with Crippen LogP contribution < -0.4 is 20.1 Å². The first-order valence-corrected chi connectivity index (χ1v) is 9.86. The first-order valence-electron chi connectivity index (χ1n) is 9.86. The zero-order valence-corrected chi connectivity index (χ0v) is 18.2. The van der Waals surface area contributed by atoms with Gasteiger partial charge in [-0.3, -0.25) is 9.59 Å². The fourth-order valence-electron chi connectivity index (χ4n) is 2.61. The van der Waals surface area contributed by atoms with Crippen LogP contribution in [0.4, 0.5) is 5.69 Å². The van der Waals surface area contributed by atoms with Gasteiger partial charge >= 0.3 is 0 Å². The molecular weight excluding hydrogens is 394 g/mol. The van der Waals surface area contributed by atoms with E-state index in [1.54, 1.807) is 55.7 Å². The lowest BCUT2D eigenvalue weighted by Crippen LogP contribution is -2.31. The molecule has 0 atom stereocenters. The Kier molecular flexibility index (Phi) is 9.32. The molecule has 2 rings (SSSR count). The molecule has 0 bridgehead atoms. The Morgan fingerprint density at radius 2 is 1.84 bits per heavy atom. The minimum Gasteiger partial charge on any atom is -0.493 e. The molecule has 0 fully saturated rings. The molecule has 164 valence electrons. The number of hydrogen-bond acceptors (Lipinski definition) is 5. The molecule has 2 aromatic rings. The van der Waals surface area contributed by atoms with Crippen LogP contribution in [0, 0.1) is 0 Å². The molecule has 0 saturated heterocycles. The van der Waals surface area contributed by atoms with E-state index in [4.69, 9.17) is 9.47 Å². The molecule has 0 saturated carbocycles. The number of carbonyl (C=O) groups is 2. The number of nitrogens with one attached hydrogen (secondary N) is 2. The number of nitrogens with zero attached hydrogens (tertiary/aromatic N) is 1. The highest BCUT2D eigenvalue weighted by atomic mass is 16.5. The summed E-state index contributed by atoms with van der Waals surface area (Å²) in [6.45, 7) is 5.34. The van der Waals surface area contributed by atoms with Gasteiger partial charge in [0, 0.05) is 30.4 Å². The quantitative estimate of drug-likeness (QED) is 0.429. The summed E-state index contributed by atoms with van der Waals surface area (Å²) in [6, 6.07) is 12.1. The predicted molar refractivity (Wildman–Crippen MR) is 124 cm³/mol. The molecule has 0 heterocycles. The number of amides is 2. The smallest absolute Gasteiger partial charge is 0.251 e. The summed E-state index contributed by atoms with van der Waals surface area (Å²) < 4.78 is 10.8. The lowest BCUT2D eigenvalue weighted by atomic mass is 10.1. The third-order valence-corrected chi connectivity index (χ3v) is 4.23. The molecule has 0 radical (unpaired) electrons. The highest BCUT2D eigenvalue weighted by Crippen LogP contribution is 2.28. The van der Waals surface area contributed by atoms with Crippen molar-refractivity contribution >= 4 is 23.6 Å². The van der Waals surface area contributed by atoms with Gasteiger partial charge < -0.3 is 25.0 Å². The van der Waals surface area contributed by atoms with E-state index in [1.807, 2.05) is 25.1 Å². The van der Waals surface area contributed by atoms with Gasteiger partial charge in [-0.05, 0) is 62.1 Å². The summed E-state index contributed by atoms with van der Waals surface area (Å²) in [4.78, 5) is 26.3. The Morgan fingerprint density at radius 1 is 1.10 bits per heavy atom. The zero-order valence-electron chi connectivity index (χ0n) is 18.2. The van der Waals surface area contributed by atoms with E-state index in [0.29, 0.717) is 35.9 Å². The van der Waals surface area contributed by atoms with Crippen molar-refractivity contribution in [1.29, 1.82) is 0 Å². The predicted octanol–water partition coefficient (Wildman–Crippen LogP) is 3.20. The SMILES string of the molecule is C=CCOc1ccc(C=CC(=O)Nc2ccc(C(=O)NCCN(C)C)cc2)cc1OC. The number of hydrogen-bond donors (Lipinski definition) is 2. The normalized spacial score (nSPS) is 10.7. The fraction of sp³-hybridized carbons (Fsp3) is 0.250. The fourth-order valence-corrected chi connectivity index (χ4v) is 2.61. The molecule has 7 nitrogen and oxygen atoms in total. The van der Waals surface area contributed by atoms with Crippen LogP contribution >= 0.6 is 0 Å². The minimum absolute atomic E-state index is 0.144. The maximum absolute atomic E-state index is 12.2. The van der Waals surface area contributed by atoms with Crippen molar-refractivity contribution in [3.05, 3.63) is 72.3 Å². The Hall–Kier alpha value is -3.58. The largest absolute Gasteiger partial charge is 0.493 e. The summed E-state index contributed by atoms with van der Waals surface area (Å²) in [6.07, 6.45) is 4.77. The lowest BCUT2D eigenvalue weighted by Gasteiger charge is -2.10. The number of anilines is 1. The maximum atomic E-state index is 12.2. The average Bonchev–Trinajstić information content (AvgIpc) is 2.76. The van der Waals surface area contributed by atoms with Crippen LogP contribution in [0.1, 0.15) is 15.9 Å². The molecule has 2 N–H and O–H groups in total. The van der Waals surface area contributed by atoms with Crippen molar-refractivity contribution in [2.24, 2.45) is 0 Å². The van der Waals surface area contributed by atoms with Crippen LogP contribution in [0.5, 0.6) is 11.5 Å². The molecule has 0 unspecified atom stereocenters. The maximum Gasteiger partial charge on any atom is 0.251 e. The second-order valence-electron chi connectivity index (χ2n) is 6.97. The van der Waals surface area contributed by atoms with E-state index < -0.39 is 0 Å². The molecule has 0 aliphatic rings. The molecule has 0 spiro atoms. The molecule has 0 aliphatic carbocycles. The second kappa shape index (κ2) is 12.2. The van der Waals surface area contributed by atoms with E-state index in [0.717, 1.165) is 12.1 Å². The summed E-state index contributed by atoms with van der Waals surface area (Å²) in [5, 5.41) is 5.62. The third kappa shape index (κ3) is 7.98. The number of rotatable bonds is 11. The van der Waals surface area contributed by atoms with Crippen LogP contribution in [0.2, 0.25) is 0 Å². The van der Waals surface area contributed by atoms with Crippen molar-refractivity contribution < 1.29 is 19.1 Å². The van der Waals surface area contributed by atoms with Crippen LogP contribution in [-0.2, 0) is 4.79 Å². The van der Waals surface area contributed by atoms with Crippen molar-refractivity contribution in [2.45, 2.75) is 0 Å². The minimum atomic E-state index is -0.283. The standard InChI is InChI=1S/C24H29N3O4/c1-5-16-31-21-12-6-18(17-22(21)30-4)7-13-23(28)26-20-10-8-19(9-11-20)24(29)25-14-15-27(2)3/h5-13,17H,1,14-16H2,2-4H3,(H,25,29)(H,26,28). The van der Waals surface area contributed by atoms with Gasteiger partial charge in [-0.25, -0.2) is 0 Å². The Bertz CT molecular complexity index is 921. The van der Waals surface area contributed by atoms with E-state index >= 15 is 0 Å². The van der Waals surface area contributed by atoms with Gasteiger partial charge in [0.25, 0.3) is 5.91 Å². The Morgan fingerprint density at radius 3 is 2.48 bits per heavy atom. The first-order chi connectivity index (χ1) is 14.9. The van der Waals surface area contributed by atoms with Crippen molar-refractivity contribution in [3.63, 3.8) is 0 Å². The van der Waals surface area contributed by atoms with Gasteiger partial charge in [-0.15, -0.1) is 0 Å². The van der Waals surface area contributed by atoms with Gasteiger partial charge in [0.1, 0.15) is 6.61 Å².